The zero-order valence-corrected chi connectivity index (χ0v) is 20.1. The summed E-state index contributed by atoms with van der Waals surface area (Å²) >= 11 is 0. The molecule has 0 unspecified atom stereocenters. The van der Waals surface area contributed by atoms with E-state index in [9.17, 15) is 10.1 Å². The molecule has 1 saturated heterocycles. The molecule has 0 bridgehead atoms. The fourth-order valence-electron chi connectivity index (χ4n) is 4.53. The normalized spacial score (nSPS) is 13.8. The molecule has 0 radical (unpaired) electrons. The van der Waals surface area contributed by atoms with E-state index in [0.29, 0.717) is 29.5 Å². The Morgan fingerprint density at radius 3 is 2.54 bits per heavy atom. The first-order chi connectivity index (χ1) is 17.1. The van der Waals surface area contributed by atoms with Crippen LogP contribution in [0.1, 0.15) is 30.4 Å². The Balaban J connectivity index is 1.34. The number of nitriles is 1. The summed E-state index contributed by atoms with van der Waals surface area (Å²) in [4.78, 5) is 18.7. The maximum absolute atomic E-state index is 12.0. The van der Waals surface area contributed by atoms with Crippen LogP contribution in [-0.2, 0) is 11.3 Å². The molecule has 0 spiro atoms. The molecular weight excluding hydrogens is 444 g/mol. The second kappa shape index (κ2) is 11.4. The third kappa shape index (κ3) is 5.75. The number of ether oxygens (including phenoxy) is 3. The van der Waals surface area contributed by atoms with Crippen molar-refractivity contribution in [3.05, 3.63) is 59.8 Å². The summed E-state index contributed by atoms with van der Waals surface area (Å²) in [7, 11) is 3.19. The summed E-state index contributed by atoms with van der Waals surface area (Å²) in [5.41, 5.74) is 3.16. The summed E-state index contributed by atoms with van der Waals surface area (Å²) in [5, 5.41) is 13.5. The Bertz CT molecular complexity index is 1200. The number of alkyl carbamates (subject to hydrolysis) is 1. The first kappa shape index (κ1) is 24.1. The molecule has 1 aliphatic rings. The Hall–Kier alpha value is -3.99. The largest absolute Gasteiger partial charge is 0.493 e. The zero-order valence-electron chi connectivity index (χ0n) is 20.1. The number of rotatable bonds is 8. The van der Waals surface area contributed by atoms with Gasteiger partial charge in [0, 0.05) is 37.3 Å². The molecule has 35 heavy (non-hydrogen) atoms. The molecule has 0 atom stereocenters. The molecule has 1 amide bonds. The molecule has 8 nitrogen and oxygen atoms in total. The van der Waals surface area contributed by atoms with Crippen molar-refractivity contribution in [2.24, 2.45) is 5.92 Å². The van der Waals surface area contributed by atoms with Crippen LogP contribution in [0, 0.1) is 17.2 Å². The number of carbonyl (C=O) groups excluding carboxylic acids is 1. The molecule has 1 N–H and O–H groups in total. The van der Waals surface area contributed by atoms with Crippen LogP contribution >= 0.6 is 0 Å². The van der Waals surface area contributed by atoms with Gasteiger partial charge in [0.2, 0.25) is 0 Å². The summed E-state index contributed by atoms with van der Waals surface area (Å²) < 4.78 is 16.2. The van der Waals surface area contributed by atoms with Crippen LogP contribution in [0.25, 0.3) is 10.9 Å². The standard InChI is InChI=1S/C27H30N4O4/c1-33-24-14-22-23(15-25(24)34-2)30-17-21(16-28)26(22)31-12-9-19(10-13-31)8-11-29-27(32)35-18-20-6-4-3-5-7-20/h3-7,14-15,17,19H,8-13,18H2,1-2H3,(H,29,32). The Labute approximate surface area is 205 Å². The van der Waals surface area contributed by atoms with Crippen molar-refractivity contribution in [3.63, 3.8) is 0 Å². The number of pyridine rings is 1. The Morgan fingerprint density at radius 1 is 1.14 bits per heavy atom. The first-order valence-electron chi connectivity index (χ1n) is 11.8. The van der Waals surface area contributed by atoms with Crippen LogP contribution in [0.5, 0.6) is 11.5 Å². The van der Waals surface area contributed by atoms with E-state index in [0.717, 1.165) is 54.5 Å². The van der Waals surface area contributed by atoms with E-state index in [1.54, 1.807) is 20.4 Å². The topological polar surface area (TPSA) is 96.7 Å². The molecule has 2 heterocycles. The van der Waals surface area contributed by atoms with Gasteiger partial charge in [0.1, 0.15) is 12.7 Å². The fraction of sp³-hybridized carbons (Fsp3) is 0.370. The second-order valence-corrected chi connectivity index (χ2v) is 8.56. The van der Waals surface area contributed by atoms with Crippen LogP contribution in [0.2, 0.25) is 0 Å². The van der Waals surface area contributed by atoms with E-state index in [1.807, 2.05) is 42.5 Å². The number of benzene rings is 2. The summed E-state index contributed by atoms with van der Waals surface area (Å²) in [6.07, 6.45) is 4.07. The molecule has 0 saturated carbocycles. The van der Waals surface area contributed by atoms with Crippen molar-refractivity contribution in [1.82, 2.24) is 10.3 Å². The van der Waals surface area contributed by atoms with E-state index >= 15 is 0 Å². The highest BCUT2D eigenvalue weighted by Gasteiger charge is 2.24. The average Bonchev–Trinajstić information content (AvgIpc) is 2.91. The maximum atomic E-state index is 12.0. The lowest BCUT2D eigenvalue weighted by Crippen LogP contribution is -2.36. The van der Waals surface area contributed by atoms with Gasteiger partial charge in [-0.2, -0.15) is 5.26 Å². The van der Waals surface area contributed by atoms with Gasteiger partial charge < -0.3 is 24.4 Å². The summed E-state index contributed by atoms with van der Waals surface area (Å²) in [6.45, 7) is 2.50. The quantitative estimate of drug-likeness (QED) is 0.507. The number of carbonyl (C=O) groups is 1. The molecule has 1 aromatic heterocycles. The van der Waals surface area contributed by atoms with Crippen LogP contribution in [-0.4, -0.2) is 44.9 Å². The molecule has 182 valence electrons. The van der Waals surface area contributed by atoms with Gasteiger partial charge in [0.15, 0.2) is 11.5 Å². The van der Waals surface area contributed by atoms with Gasteiger partial charge in [0.05, 0.1) is 31.0 Å². The smallest absolute Gasteiger partial charge is 0.407 e. The van der Waals surface area contributed by atoms with Crippen molar-refractivity contribution >= 4 is 22.7 Å². The van der Waals surface area contributed by atoms with Gasteiger partial charge in [-0.1, -0.05) is 30.3 Å². The molecule has 0 aliphatic carbocycles. The monoisotopic (exact) mass is 474 g/mol. The second-order valence-electron chi connectivity index (χ2n) is 8.56. The Morgan fingerprint density at radius 2 is 1.86 bits per heavy atom. The van der Waals surface area contributed by atoms with Crippen molar-refractivity contribution < 1.29 is 19.0 Å². The molecular formula is C27H30N4O4. The van der Waals surface area contributed by atoms with Crippen LogP contribution in [0.4, 0.5) is 10.5 Å². The van der Waals surface area contributed by atoms with Gasteiger partial charge in [0.25, 0.3) is 0 Å². The number of hydrogen-bond acceptors (Lipinski definition) is 7. The Kier molecular flexibility index (Phi) is 7.88. The SMILES string of the molecule is COc1cc2ncc(C#N)c(N3CCC(CCNC(=O)OCc4ccccc4)CC3)c2cc1OC. The number of nitrogens with one attached hydrogen (secondary N) is 1. The molecule has 3 aromatic rings. The van der Waals surface area contributed by atoms with Crippen molar-refractivity contribution in [2.45, 2.75) is 25.9 Å². The molecule has 4 rings (SSSR count). The van der Waals surface area contributed by atoms with E-state index in [4.69, 9.17) is 14.2 Å². The summed E-state index contributed by atoms with van der Waals surface area (Å²) in [5.74, 6) is 1.71. The summed E-state index contributed by atoms with van der Waals surface area (Å²) in [6, 6.07) is 15.7. The van der Waals surface area contributed by atoms with E-state index in [-0.39, 0.29) is 6.61 Å². The molecule has 2 aromatic carbocycles. The third-order valence-corrected chi connectivity index (χ3v) is 6.43. The lowest BCUT2D eigenvalue weighted by atomic mass is 9.92. The van der Waals surface area contributed by atoms with Crippen molar-refractivity contribution in [1.29, 1.82) is 5.26 Å². The maximum Gasteiger partial charge on any atom is 0.407 e. The lowest BCUT2D eigenvalue weighted by molar-refractivity contribution is 0.139. The predicted octanol–water partition coefficient (Wildman–Crippen LogP) is 4.66. The van der Waals surface area contributed by atoms with Gasteiger partial charge in [-0.25, -0.2) is 4.79 Å². The van der Waals surface area contributed by atoms with E-state index in [2.05, 4.69) is 21.3 Å². The zero-order chi connectivity index (χ0) is 24.6. The number of anilines is 1. The van der Waals surface area contributed by atoms with Gasteiger partial charge in [-0.15, -0.1) is 0 Å². The predicted molar refractivity (Wildman–Crippen MR) is 134 cm³/mol. The number of hydrogen-bond donors (Lipinski definition) is 1. The number of methoxy groups -OCH3 is 2. The highest BCUT2D eigenvalue weighted by Crippen LogP contribution is 2.38. The lowest BCUT2D eigenvalue weighted by Gasteiger charge is -2.34. The average molecular weight is 475 g/mol. The number of fused-ring (bicyclic) bond motifs is 1. The minimum Gasteiger partial charge on any atom is -0.493 e. The highest BCUT2D eigenvalue weighted by molar-refractivity contribution is 5.96. The van der Waals surface area contributed by atoms with Gasteiger partial charge in [-0.3, -0.25) is 4.98 Å². The minimum atomic E-state index is -0.391. The fourth-order valence-corrected chi connectivity index (χ4v) is 4.53. The van der Waals surface area contributed by atoms with Gasteiger partial charge >= 0.3 is 6.09 Å². The number of aromatic nitrogens is 1. The number of amides is 1. The highest BCUT2D eigenvalue weighted by atomic mass is 16.5. The third-order valence-electron chi connectivity index (χ3n) is 6.43. The van der Waals surface area contributed by atoms with E-state index in [1.165, 1.54) is 0 Å². The van der Waals surface area contributed by atoms with Crippen LogP contribution in [0.3, 0.4) is 0 Å². The molecule has 8 heteroatoms. The van der Waals surface area contributed by atoms with Crippen molar-refractivity contribution in [2.75, 3.05) is 38.8 Å². The first-order valence-corrected chi connectivity index (χ1v) is 11.8. The van der Waals surface area contributed by atoms with Crippen LogP contribution < -0.4 is 19.7 Å². The van der Waals surface area contributed by atoms with Crippen LogP contribution in [0.15, 0.2) is 48.7 Å². The van der Waals surface area contributed by atoms with Crippen molar-refractivity contribution in [3.8, 4) is 17.6 Å². The number of nitrogens with zero attached hydrogens (tertiary/aromatic N) is 3. The van der Waals surface area contributed by atoms with Gasteiger partial charge in [-0.05, 0) is 36.8 Å². The molecule has 1 fully saturated rings. The molecule has 1 aliphatic heterocycles. The van der Waals surface area contributed by atoms with E-state index < -0.39 is 6.09 Å². The minimum absolute atomic E-state index is 0.267. The number of piperidine rings is 1.